The highest BCUT2D eigenvalue weighted by Gasteiger charge is 2.38. The van der Waals surface area contributed by atoms with Crippen LogP contribution in [0.4, 0.5) is 0 Å². The molecule has 0 aromatic carbocycles. The molecule has 0 aliphatic heterocycles. The molecule has 0 radical (unpaired) electrons. The van der Waals surface area contributed by atoms with Gasteiger partial charge in [-0.2, -0.15) is 0 Å². The molecule has 2 aliphatic carbocycles. The monoisotopic (exact) mass is 282 g/mol. The summed E-state index contributed by atoms with van der Waals surface area (Å²) in [5.74, 6) is 0.126. The predicted molar refractivity (Wildman–Crippen MR) is 73.6 cm³/mol. The Morgan fingerprint density at radius 2 is 2.11 bits per heavy atom. The number of ketones is 1. The van der Waals surface area contributed by atoms with Crippen LogP contribution in [0.15, 0.2) is 22.8 Å². The second-order valence-electron chi connectivity index (χ2n) is 5.50. The number of rotatable bonds is 2. The third kappa shape index (κ3) is 2.62. The molecule has 0 bridgehead atoms. The minimum absolute atomic E-state index is 0.0355. The van der Waals surface area contributed by atoms with Gasteiger partial charge in [-0.1, -0.05) is 37.6 Å². The van der Waals surface area contributed by atoms with Gasteiger partial charge < -0.3 is 4.74 Å². The number of methoxy groups -OCH3 is 1. The summed E-state index contributed by atoms with van der Waals surface area (Å²) in [4.78, 5) is 23.4. The Morgan fingerprint density at radius 1 is 1.42 bits per heavy atom. The van der Waals surface area contributed by atoms with E-state index in [1.165, 1.54) is 7.11 Å². The van der Waals surface area contributed by atoms with Crippen molar-refractivity contribution < 1.29 is 14.3 Å². The fourth-order valence-electron chi connectivity index (χ4n) is 2.98. The average Bonchev–Trinajstić information content (AvgIpc) is 2.59. The minimum atomic E-state index is -0.222. The normalized spacial score (nSPS) is 32.0. The molecule has 0 amide bonds. The van der Waals surface area contributed by atoms with Crippen LogP contribution < -0.4 is 0 Å². The first-order valence-corrected chi connectivity index (χ1v) is 7.01. The summed E-state index contributed by atoms with van der Waals surface area (Å²) in [7, 11) is 1.40. The van der Waals surface area contributed by atoms with E-state index in [2.05, 4.69) is 19.1 Å². The van der Waals surface area contributed by atoms with E-state index >= 15 is 0 Å². The second kappa shape index (κ2) is 5.49. The highest BCUT2D eigenvalue weighted by Crippen LogP contribution is 2.43. The Balaban J connectivity index is 2.28. The molecule has 0 heterocycles. The summed E-state index contributed by atoms with van der Waals surface area (Å²) in [5, 5.41) is 0.391. The van der Waals surface area contributed by atoms with Gasteiger partial charge in [0.1, 0.15) is 0 Å². The Morgan fingerprint density at radius 3 is 2.74 bits per heavy atom. The predicted octanol–water partition coefficient (Wildman–Crippen LogP) is 3.09. The lowest BCUT2D eigenvalue weighted by Crippen LogP contribution is -2.21. The lowest BCUT2D eigenvalue weighted by Gasteiger charge is -2.20. The molecule has 3 unspecified atom stereocenters. The van der Waals surface area contributed by atoms with Gasteiger partial charge in [-0.05, 0) is 29.7 Å². The maximum atomic E-state index is 11.8. The highest BCUT2D eigenvalue weighted by molar-refractivity contribution is 6.43. The maximum absolute atomic E-state index is 11.8. The first-order chi connectivity index (χ1) is 8.95. The van der Waals surface area contributed by atoms with Crippen LogP contribution in [-0.2, 0) is 14.3 Å². The van der Waals surface area contributed by atoms with Crippen molar-refractivity contribution in [2.75, 3.05) is 7.11 Å². The Labute approximate surface area is 118 Å². The topological polar surface area (TPSA) is 43.4 Å². The first-order valence-electron chi connectivity index (χ1n) is 6.63. The van der Waals surface area contributed by atoms with Crippen LogP contribution >= 0.6 is 11.6 Å². The third-order valence-corrected chi connectivity index (χ3v) is 4.80. The molecule has 104 valence electrons. The Hall–Kier alpha value is -1.09. The number of esters is 1. The molecule has 0 fully saturated rings. The largest absolute Gasteiger partial charge is 0.469 e. The van der Waals surface area contributed by atoms with E-state index < -0.39 is 0 Å². The molecule has 2 aliphatic rings. The third-order valence-electron chi connectivity index (χ3n) is 4.35. The van der Waals surface area contributed by atoms with Crippen LogP contribution in [0.1, 0.15) is 26.7 Å². The van der Waals surface area contributed by atoms with Crippen molar-refractivity contribution in [1.82, 2.24) is 0 Å². The molecule has 0 aromatic rings. The van der Waals surface area contributed by atoms with E-state index in [9.17, 15) is 9.59 Å². The van der Waals surface area contributed by atoms with E-state index in [1.54, 1.807) is 0 Å². The SMILES string of the molecule is COC(=O)C(C)[C@@H]1C=CC(C)C2CC(=O)C(Cl)=C2C1. The molecule has 0 saturated heterocycles. The van der Waals surface area contributed by atoms with Crippen LogP contribution in [-0.4, -0.2) is 18.9 Å². The van der Waals surface area contributed by atoms with Gasteiger partial charge in [-0.3, -0.25) is 9.59 Å². The fraction of sp³-hybridized carbons (Fsp3) is 0.600. The number of hydrogen-bond donors (Lipinski definition) is 0. The van der Waals surface area contributed by atoms with Crippen LogP contribution in [0.25, 0.3) is 0 Å². The van der Waals surface area contributed by atoms with Gasteiger partial charge in [-0.15, -0.1) is 0 Å². The molecule has 19 heavy (non-hydrogen) atoms. The van der Waals surface area contributed by atoms with Gasteiger partial charge in [0.25, 0.3) is 0 Å². The molecular weight excluding hydrogens is 264 g/mol. The Kier molecular flexibility index (Phi) is 4.14. The summed E-state index contributed by atoms with van der Waals surface area (Å²) < 4.78 is 4.80. The van der Waals surface area contributed by atoms with Crippen LogP contribution in [0.3, 0.4) is 0 Å². The molecule has 0 spiro atoms. The smallest absolute Gasteiger partial charge is 0.308 e. The standard InChI is InChI=1S/C15H19ClO3/c1-8-4-5-10(9(2)15(18)19-3)6-12-11(8)7-13(17)14(12)16/h4-5,8-11H,6-7H2,1-3H3/t8?,9?,10-,11?/m1/s1. The van der Waals surface area contributed by atoms with E-state index in [1.807, 2.05) is 6.92 Å². The number of allylic oxidation sites excluding steroid dienone is 4. The van der Waals surface area contributed by atoms with E-state index in [0.29, 0.717) is 17.9 Å². The molecule has 0 N–H and O–H groups in total. The van der Waals surface area contributed by atoms with Gasteiger partial charge in [0.2, 0.25) is 0 Å². The van der Waals surface area contributed by atoms with Crippen LogP contribution in [0.5, 0.6) is 0 Å². The van der Waals surface area contributed by atoms with E-state index in [4.69, 9.17) is 16.3 Å². The van der Waals surface area contributed by atoms with Gasteiger partial charge >= 0.3 is 5.97 Å². The lowest BCUT2D eigenvalue weighted by atomic mass is 9.84. The molecule has 0 aromatic heterocycles. The van der Waals surface area contributed by atoms with Gasteiger partial charge in [-0.25, -0.2) is 0 Å². The van der Waals surface area contributed by atoms with E-state index in [0.717, 1.165) is 5.57 Å². The average molecular weight is 283 g/mol. The minimum Gasteiger partial charge on any atom is -0.469 e. The lowest BCUT2D eigenvalue weighted by molar-refractivity contribution is -0.146. The van der Waals surface area contributed by atoms with Crippen molar-refractivity contribution in [3.63, 3.8) is 0 Å². The zero-order valence-corrected chi connectivity index (χ0v) is 12.2. The van der Waals surface area contributed by atoms with Crippen molar-refractivity contribution in [3.05, 3.63) is 22.8 Å². The van der Waals surface area contributed by atoms with Gasteiger partial charge in [0.05, 0.1) is 18.1 Å². The number of halogens is 1. The second-order valence-corrected chi connectivity index (χ2v) is 5.87. The van der Waals surface area contributed by atoms with Crippen molar-refractivity contribution >= 4 is 23.4 Å². The summed E-state index contributed by atoms with van der Waals surface area (Å²) in [6, 6.07) is 0. The van der Waals surface area contributed by atoms with E-state index in [-0.39, 0.29) is 35.4 Å². The van der Waals surface area contributed by atoms with Crippen molar-refractivity contribution in [3.8, 4) is 0 Å². The molecular formula is C15H19ClO3. The quantitative estimate of drug-likeness (QED) is 0.577. The van der Waals surface area contributed by atoms with Crippen LogP contribution in [0, 0.1) is 23.7 Å². The summed E-state index contributed by atoms with van der Waals surface area (Å²) in [5.41, 5.74) is 1.02. The molecule has 3 nitrogen and oxygen atoms in total. The van der Waals surface area contributed by atoms with Gasteiger partial charge in [0.15, 0.2) is 5.78 Å². The number of Topliss-reactive ketones (excluding diaryl/α,β-unsaturated/α-hetero) is 1. The maximum Gasteiger partial charge on any atom is 0.308 e. The van der Waals surface area contributed by atoms with Crippen molar-refractivity contribution in [2.45, 2.75) is 26.7 Å². The molecule has 0 saturated carbocycles. The number of carbonyl (C=O) groups excluding carboxylic acids is 2. The molecule has 4 heteroatoms. The van der Waals surface area contributed by atoms with Crippen molar-refractivity contribution in [2.24, 2.45) is 23.7 Å². The summed E-state index contributed by atoms with van der Waals surface area (Å²) in [6.07, 6.45) is 5.35. The van der Waals surface area contributed by atoms with Gasteiger partial charge in [0, 0.05) is 6.42 Å². The van der Waals surface area contributed by atoms with Crippen LogP contribution in [0.2, 0.25) is 0 Å². The number of fused-ring (bicyclic) bond motifs is 1. The highest BCUT2D eigenvalue weighted by atomic mass is 35.5. The zero-order valence-electron chi connectivity index (χ0n) is 11.5. The first kappa shape index (κ1) is 14.3. The zero-order chi connectivity index (χ0) is 14.2. The van der Waals surface area contributed by atoms with Crippen molar-refractivity contribution in [1.29, 1.82) is 0 Å². The Bertz CT molecular complexity index is 464. The number of hydrogen-bond acceptors (Lipinski definition) is 3. The fourth-order valence-corrected chi connectivity index (χ4v) is 3.27. The summed E-state index contributed by atoms with van der Waals surface area (Å²) >= 11 is 6.14. The number of carbonyl (C=O) groups is 2. The molecule has 2 rings (SSSR count). The summed E-state index contributed by atoms with van der Waals surface area (Å²) in [6.45, 7) is 3.95. The molecule has 4 atom stereocenters. The number of ether oxygens (including phenoxy) is 1.